The minimum Gasteiger partial charge on any atom is -0.457 e. The first-order valence-electron chi connectivity index (χ1n) is 9.83. The van der Waals surface area contributed by atoms with Gasteiger partial charge in [-0.25, -0.2) is 4.79 Å². The zero-order chi connectivity index (χ0) is 21.5. The first-order chi connectivity index (χ1) is 15.2. The molecular formula is C25H20N2O4. The molecule has 4 rings (SSSR count). The molecule has 1 aliphatic heterocycles. The Morgan fingerprint density at radius 1 is 0.968 bits per heavy atom. The molecule has 3 aromatic rings. The van der Waals surface area contributed by atoms with Gasteiger partial charge < -0.3 is 14.8 Å². The lowest BCUT2D eigenvalue weighted by Crippen LogP contribution is -2.23. The van der Waals surface area contributed by atoms with Gasteiger partial charge >= 0.3 is 6.09 Å². The van der Waals surface area contributed by atoms with Gasteiger partial charge in [0, 0.05) is 16.8 Å². The maximum atomic E-state index is 12.3. The largest absolute Gasteiger partial charge is 0.457 e. The van der Waals surface area contributed by atoms with Crippen molar-refractivity contribution < 1.29 is 19.1 Å². The van der Waals surface area contributed by atoms with Crippen molar-refractivity contribution in [1.82, 2.24) is 5.32 Å². The summed E-state index contributed by atoms with van der Waals surface area (Å²) in [7, 11) is 0. The van der Waals surface area contributed by atoms with E-state index in [4.69, 9.17) is 9.47 Å². The molecule has 0 aliphatic carbocycles. The van der Waals surface area contributed by atoms with Gasteiger partial charge in [-0.2, -0.15) is 0 Å². The van der Waals surface area contributed by atoms with Gasteiger partial charge in [0.05, 0.1) is 13.1 Å². The SMILES string of the molecule is O=C(NCC#Cc1ccc(N2CCOC2=O)cc1)c1ccc(Oc2ccccc2)cc1. The number of cyclic esters (lactones) is 1. The fraction of sp³-hybridized carbons (Fsp3) is 0.120. The summed E-state index contributed by atoms with van der Waals surface area (Å²) in [6.45, 7) is 1.18. The first kappa shape index (κ1) is 20.0. The monoisotopic (exact) mass is 412 g/mol. The molecule has 6 heteroatoms. The van der Waals surface area contributed by atoms with Crippen LogP contribution in [0.2, 0.25) is 0 Å². The van der Waals surface area contributed by atoms with E-state index in [1.165, 1.54) is 0 Å². The third kappa shape index (κ3) is 5.22. The topological polar surface area (TPSA) is 67.9 Å². The van der Waals surface area contributed by atoms with Crippen molar-refractivity contribution in [1.29, 1.82) is 0 Å². The second kappa shape index (κ2) is 9.51. The molecule has 2 amide bonds. The maximum absolute atomic E-state index is 12.3. The Labute approximate surface area is 180 Å². The molecule has 6 nitrogen and oxygen atoms in total. The number of hydrogen-bond acceptors (Lipinski definition) is 4. The number of para-hydroxylation sites is 1. The van der Waals surface area contributed by atoms with E-state index < -0.39 is 0 Å². The van der Waals surface area contributed by atoms with Crippen LogP contribution in [0.15, 0.2) is 78.9 Å². The summed E-state index contributed by atoms with van der Waals surface area (Å²) in [5.41, 5.74) is 2.11. The molecule has 1 fully saturated rings. The van der Waals surface area contributed by atoms with E-state index in [0.29, 0.717) is 24.5 Å². The normalized spacial score (nSPS) is 12.5. The lowest BCUT2D eigenvalue weighted by atomic mass is 10.2. The maximum Gasteiger partial charge on any atom is 0.414 e. The molecule has 154 valence electrons. The lowest BCUT2D eigenvalue weighted by Gasteiger charge is -2.11. The number of nitrogens with one attached hydrogen (secondary N) is 1. The van der Waals surface area contributed by atoms with E-state index in [0.717, 1.165) is 17.0 Å². The van der Waals surface area contributed by atoms with Crippen LogP contribution in [0.4, 0.5) is 10.5 Å². The number of anilines is 1. The Morgan fingerprint density at radius 3 is 2.35 bits per heavy atom. The van der Waals surface area contributed by atoms with Gasteiger partial charge in [-0.1, -0.05) is 30.0 Å². The number of rotatable bonds is 5. The van der Waals surface area contributed by atoms with Gasteiger partial charge in [0.15, 0.2) is 0 Å². The van der Waals surface area contributed by atoms with Gasteiger partial charge in [0.25, 0.3) is 5.91 Å². The van der Waals surface area contributed by atoms with E-state index >= 15 is 0 Å². The van der Waals surface area contributed by atoms with Gasteiger partial charge in [0.1, 0.15) is 18.1 Å². The molecule has 1 heterocycles. The predicted molar refractivity (Wildman–Crippen MR) is 117 cm³/mol. The van der Waals surface area contributed by atoms with Crippen LogP contribution >= 0.6 is 0 Å². The molecule has 1 N–H and O–H groups in total. The third-order valence-corrected chi connectivity index (χ3v) is 4.61. The number of carbonyl (C=O) groups excluding carboxylic acids is 2. The zero-order valence-corrected chi connectivity index (χ0v) is 16.7. The van der Waals surface area contributed by atoms with Crippen molar-refractivity contribution in [2.24, 2.45) is 0 Å². The van der Waals surface area contributed by atoms with Crippen LogP contribution < -0.4 is 15.0 Å². The molecule has 0 bridgehead atoms. The Kier molecular flexibility index (Phi) is 6.15. The van der Waals surface area contributed by atoms with Crippen molar-refractivity contribution in [3.8, 4) is 23.3 Å². The molecular weight excluding hydrogens is 392 g/mol. The van der Waals surface area contributed by atoms with E-state index in [1.807, 2.05) is 54.6 Å². The van der Waals surface area contributed by atoms with E-state index in [2.05, 4.69) is 17.2 Å². The van der Waals surface area contributed by atoms with Crippen molar-refractivity contribution >= 4 is 17.7 Å². The fourth-order valence-electron chi connectivity index (χ4n) is 3.02. The molecule has 0 unspecified atom stereocenters. The Bertz CT molecular complexity index is 1110. The highest BCUT2D eigenvalue weighted by atomic mass is 16.6. The van der Waals surface area contributed by atoms with Crippen LogP contribution in [-0.4, -0.2) is 31.7 Å². The highest BCUT2D eigenvalue weighted by Gasteiger charge is 2.23. The number of nitrogens with zero attached hydrogens (tertiary/aromatic N) is 1. The second-order valence-electron chi connectivity index (χ2n) is 6.74. The van der Waals surface area contributed by atoms with E-state index in [9.17, 15) is 9.59 Å². The molecule has 1 aliphatic rings. The van der Waals surface area contributed by atoms with Crippen LogP contribution in [-0.2, 0) is 4.74 Å². The predicted octanol–water partition coefficient (Wildman–Crippen LogP) is 4.22. The van der Waals surface area contributed by atoms with Crippen LogP contribution in [0.1, 0.15) is 15.9 Å². The van der Waals surface area contributed by atoms with Crippen LogP contribution in [0.3, 0.4) is 0 Å². The van der Waals surface area contributed by atoms with Gasteiger partial charge in [0.2, 0.25) is 0 Å². The van der Waals surface area contributed by atoms with Crippen molar-refractivity contribution in [2.75, 3.05) is 24.6 Å². The number of carbonyl (C=O) groups is 2. The standard InChI is InChI=1S/C25H20N2O4/c28-24(20-10-14-23(15-11-20)31-22-6-2-1-3-7-22)26-16-4-5-19-8-12-21(13-9-19)27-17-18-30-25(27)29/h1-3,6-15H,16-18H2,(H,26,28). The summed E-state index contributed by atoms with van der Waals surface area (Å²) >= 11 is 0. The third-order valence-electron chi connectivity index (χ3n) is 4.61. The minimum atomic E-state index is -0.332. The number of benzene rings is 3. The highest BCUT2D eigenvalue weighted by Crippen LogP contribution is 2.21. The summed E-state index contributed by atoms with van der Waals surface area (Å²) in [6, 6.07) is 23.7. The van der Waals surface area contributed by atoms with Crippen LogP contribution in [0.25, 0.3) is 0 Å². The molecule has 0 saturated carbocycles. The molecule has 0 spiro atoms. The number of hydrogen-bond donors (Lipinski definition) is 1. The molecule has 0 radical (unpaired) electrons. The van der Waals surface area contributed by atoms with E-state index in [-0.39, 0.29) is 18.5 Å². The molecule has 0 aromatic heterocycles. The Hall–Kier alpha value is -4.24. The quantitative estimate of drug-likeness (QED) is 0.638. The molecule has 0 atom stereocenters. The number of amides is 2. The fourth-order valence-corrected chi connectivity index (χ4v) is 3.02. The van der Waals surface area contributed by atoms with Crippen LogP contribution in [0.5, 0.6) is 11.5 Å². The van der Waals surface area contributed by atoms with E-state index in [1.54, 1.807) is 29.2 Å². The Morgan fingerprint density at radius 2 is 1.68 bits per heavy atom. The molecule has 31 heavy (non-hydrogen) atoms. The number of ether oxygens (including phenoxy) is 2. The van der Waals surface area contributed by atoms with Crippen LogP contribution in [0, 0.1) is 11.8 Å². The van der Waals surface area contributed by atoms with Gasteiger partial charge in [-0.3, -0.25) is 9.69 Å². The van der Waals surface area contributed by atoms with Gasteiger partial charge in [-0.05, 0) is 60.7 Å². The summed E-state index contributed by atoms with van der Waals surface area (Å²) in [5, 5.41) is 2.78. The Balaban J connectivity index is 1.27. The summed E-state index contributed by atoms with van der Waals surface area (Å²) in [4.78, 5) is 25.4. The highest BCUT2D eigenvalue weighted by molar-refractivity contribution is 5.94. The summed E-state index contributed by atoms with van der Waals surface area (Å²) in [5.74, 6) is 7.12. The second-order valence-corrected chi connectivity index (χ2v) is 6.74. The first-order valence-corrected chi connectivity index (χ1v) is 9.83. The zero-order valence-electron chi connectivity index (χ0n) is 16.7. The summed E-state index contributed by atoms with van der Waals surface area (Å²) < 4.78 is 10.7. The smallest absolute Gasteiger partial charge is 0.414 e. The van der Waals surface area contributed by atoms with Crippen molar-refractivity contribution in [3.63, 3.8) is 0 Å². The lowest BCUT2D eigenvalue weighted by molar-refractivity contribution is 0.0958. The molecule has 1 saturated heterocycles. The molecule has 3 aromatic carbocycles. The average molecular weight is 412 g/mol. The minimum absolute atomic E-state index is 0.205. The van der Waals surface area contributed by atoms with Gasteiger partial charge in [-0.15, -0.1) is 0 Å². The van der Waals surface area contributed by atoms with Crippen molar-refractivity contribution in [2.45, 2.75) is 0 Å². The summed E-state index contributed by atoms with van der Waals surface area (Å²) in [6.07, 6.45) is -0.332. The van der Waals surface area contributed by atoms with Crippen molar-refractivity contribution in [3.05, 3.63) is 90.0 Å². The average Bonchev–Trinajstić information content (AvgIpc) is 3.24.